The zero-order chi connectivity index (χ0) is 13.9. The highest BCUT2D eigenvalue weighted by Crippen LogP contribution is 2.33. The number of aromatic nitrogens is 2. The number of nitrogens with zero attached hydrogens (tertiary/aromatic N) is 2. The van der Waals surface area contributed by atoms with Crippen LogP contribution in [0.2, 0.25) is 5.02 Å². The lowest BCUT2D eigenvalue weighted by Crippen LogP contribution is -2.45. The Hall–Kier alpha value is -0.620. The zero-order valence-electron chi connectivity index (χ0n) is 11.7. The number of hydrogen-bond donors (Lipinski definition) is 2. The molecule has 0 aromatic carbocycles. The molecular formula is C12H23ClN4O. The van der Waals surface area contributed by atoms with Crippen molar-refractivity contribution in [2.45, 2.75) is 52.3 Å². The van der Waals surface area contributed by atoms with Crippen LogP contribution in [0.15, 0.2) is 6.20 Å². The average molecular weight is 275 g/mol. The summed E-state index contributed by atoms with van der Waals surface area (Å²) in [6.07, 6.45) is 1.64. The maximum absolute atomic E-state index is 6.23. The van der Waals surface area contributed by atoms with E-state index in [9.17, 15) is 0 Å². The number of hydrogen-bond acceptors (Lipinski definition) is 4. The molecule has 0 saturated carbocycles. The average Bonchev–Trinajstić information content (AvgIpc) is 2.61. The SMILES string of the molecule is CCOC(C)(C)C(NN)c1c(Cl)cnn1C(C)C. The third-order valence-corrected chi connectivity index (χ3v) is 3.22. The van der Waals surface area contributed by atoms with Crippen molar-refractivity contribution in [1.82, 2.24) is 15.2 Å². The number of nitrogens with two attached hydrogens (primary N) is 1. The molecule has 0 spiro atoms. The lowest BCUT2D eigenvalue weighted by atomic mass is 9.95. The summed E-state index contributed by atoms with van der Waals surface area (Å²) >= 11 is 6.23. The van der Waals surface area contributed by atoms with E-state index in [1.165, 1.54) is 0 Å². The van der Waals surface area contributed by atoms with E-state index in [4.69, 9.17) is 22.2 Å². The normalized spacial score (nSPS) is 14.2. The molecule has 0 fully saturated rings. The van der Waals surface area contributed by atoms with Gasteiger partial charge in [0.2, 0.25) is 0 Å². The molecule has 1 aromatic rings. The second kappa shape index (κ2) is 6.02. The zero-order valence-corrected chi connectivity index (χ0v) is 12.5. The molecule has 104 valence electrons. The van der Waals surface area contributed by atoms with E-state index in [2.05, 4.69) is 10.5 Å². The molecule has 0 radical (unpaired) electrons. The molecular weight excluding hydrogens is 252 g/mol. The predicted octanol–water partition coefficient (Wildman–Crippen LogP) is 2.44. The van der Waals surface area contributed by atoms with Gasteiger partial charge in [-0.1, -0.05) is 11.6 Å². The summed E-state index contributed by atoms with van der Waals surface area (Å²) in [5.41, 5.74) is 3.18. The molecule has 5 nitrogen and oxygen atoms in total. The highest BCUT2D eigenvalue weighted by Gasteiger charge is 2.35. The summed E-state index contributed by atoms with van der Waals surface area (Å²) in [6, 6.07) is -0.0179. The van der Waals surface area contributed by atoms with E-state index in [-0.39, 0.29) is 12.1 Å². The maximum atomic E-state index is 6.23. The van der Waals surface area contributed by atoms with Crippen molar-refractivity contribution >= 4 is 11.6 Å². The van der Waals surface area contributed by atoms with Crippen molar-refractivity contribution in [1.29, 1.82) is 0 Å². The highest BCUT2D eigenvalue weighted by atomic mass is 35.5. The van der Waals surface area contributed by atoms with Crippen molar-refractivity contribution in [3.05, 3.63) is 16.9 Å². The number of nitrogens with one attached hydrogen (secondary N) is 1. The van der Waals surface area contributed by atoms with Crippen LogP contribution < -0.4 is 11.3 Å². The van der Waals surface area contributed by atoms with Gasteiger partial charge in [0.1, 0.15) is 0 Å². The van der Waals surface area contributed by atoms with E-state index >= 15 is 0 Å². The van der Waals surface area contributed by atoms with Gasteiger partial charge in [-0.15, -0.1) is 0 Å². The van der Waals surface area contributed by atoms with Gasteiger partial charge in [0.25, 0.3) is 0 Å². The van der Waals surface area contributed by atoms with Gasteiger partial charge in [0.15, 0.2) is 0 Å². The number of halogens is 1. The molecule has 0 aliphatic heterocycles. The monoisotopic (exact) mass is 274 g/mol. The third-order valence-electron chi connectivity index (χ3n) is 2.93. The molecule has 1 atom stereocenters. The van der Waals surface area contributed by atoms with Gasteiger partial charge in [-0.2, -0.15) is 5.10 Å². The minimum absolute atomic E-state index is 0.209. The van der Waals surface area contributed by atoms with E-state index < -0.39 is 5.60 Å². The first kappa shape index (κ1) is 15.4. The van der Waals surface area contributed by atoms with Gasteiger partial charge >= 0.3 is 0 Å². The second-order valence-corrected chi connectivity index (χ2v) is 5.46. The van der Waals surface area contributed by atoms with Crippen molar-refractivity contribution in [3.63, 3.8) is 0 Å². The number of ether oxygens (including phenoxy) is 1. The fraction of sp³-hybridized carbons (Fsp3) is 0.750. The summed E-state index contributed by atoms with van der Waals surface area (Å²) in [5.74, 6) is 5.69. The molecule has 0 bridgehead atoms. The van der Waals surface area contributed by atoms with Gasteiger partial charge in [-0.3, -0.25) is 10.5 Å². The van der Waals surface area contributed by atoms with Gasteiger partial charge in [-0.05, 0) is 34.6 Å². The van der Waals surface area contributed by atoms with E-state index in [1.54, 1.807) is 6.20 Å². The first-order valence-electron chi connectivity index (χ1n) is 6.18. The number of rotatable bonds is 6. The van der Waals surface area contributed by atoms with Gasteiger partial charge in [-0.25, -0.2) is 5.43 Å². The molecule has 1 aromatic heterocycles. The first-order chi connectivity index (χ1) is 8.35. The lowest BCUT2D eigenvalue weighted by Gasteiger charge is -2.34. The van der Waals surface area contributed by atoms with Crippen LogP contribution in [0.3, 0.4) is 0 Å². The molecule has 3 N–H and O–H groups in total. The Morgan fingerprint density at radius 3 is 2.61 bits per heavy atom. The van der Waals surface area contributed by atoms with Crippen molar-refractivity contribution in [2.75, 3.05) is 6.61 Å². The van der Waals surface area contributed by atoms with Crippen LogP contribution in [0.25, 0.3) is 0 Å². The maximum Gasteiger partial charge on any atom is 0.0928 e. The Kier molecular flexibility index (Phi) is 5.16. The predicted molar refractivity (Wildman–Crippen MR) is 73.4 cm³/mol. The van der Waals surface area contributed by atoms with E-state index in [0.717, 1.165) is 5.69 Å². The smallest absolute Gasteiger partial charge is 0.0928 e. The van der Waals surface area contributed by atoms with Crippen LogP contribution in [0.5, 0.6) is 0 Å². The van der Waals surface area contributed by atoms with Crippen molar-refractivity contribution in [3.8, 4) is 0 Å². The molecule has 1 heterocycles. The molecule has 1 rings (SSSR count). The van der Waals surface area contributed by atoms with Crippen LogP contribution in [0, 0.1) is 0 Å². The summed E-state index contributed by atoms with van der Waals surface area (Å²) in [6.45, 7) is 10.6. The fourth-order valence-corrected chi connectivity index (χ4v) is 2.34. The molecule has 6 heteroatoms. The van der Waals surface area contributed by atoms with Gasteiger partial charge < -0.3 is 4.74 Å². The van der Waals surface area contributed by atoms with Crippen LogP contribution in [-0.4, -0.2) is 22.0 Å². The van der Waals surface area contributed by atoms with Crippen LogP contribution in [0.1, 0.15) is 52.4 Å². The standard InChI is InChI=1S/C12H23ClN4O/c1-6-18-12(4,5)11(16-14)10-9(13)7-15-17(10)8(2)3/h7-8,11,16H,6,14H2,1-5H3. The molecule has 0 aliphatic rings. The molecule has 18 heavy (non-hydrogen) atoms. The topological polar surface area (TPSA) is 65.1 Å². The summed E-state index contributed by atoms with van der Waals surface area (Å²) in [7, 11) is 0. The Morgan fingerprint density at radius 1 is 1.56 bits per heavy atom. The third kappa shape index (κ3) is 3.03. The Balaban J connectivity index is 3.20. The molecule has 0 saturated heterocycles. The molecule has 0 aliphatic carbocycles. The van der Waals surface area contributed by atoms with Crippen LogP contribution in [0.4, 0.5) is 0 Å². The minimum Gasteiger partial charge on any atom is -0.374 e. The van der Waals surface area contributed by atoms with Crippen LogP contribution in [-0.2, 0) is 4.74 Å². The van der Waals surface area contributed by atoms with Crippen LogP contribution >= 0.6 is 11.6 Å². The minimum atomic E-state index is -0.472. The van der Waals surface area contributed by atoms with E-state index in [1.807, 2.05) is 39.3 Å². The largest absolute Gasteiger partial charge is 0.374 e. The Bertz CT molecular complexity index is 389. The summed E-state index contributed by atoms with van der Waals surface area (Å²) in [5, 5.41) is 4.89. The fourth-order valence-electron chi connectivity index (χ4n) is 2.10. The lowest BCUT2D eigenvalue weighted by molar-refractivity contribution is -0.0414. The quantitative estimate of drug-likeness (QED) is 0.618. The number of hydrazine groups is 1. The highest BCUT2D eigenvalue weighted by molar-refractivity contribution is 6.31. The summed E-state index contributed by atoms with van der Waals surface area (Å²) < 4.78 is 7.62. The first-order valence-corrected chi connectivity index (χ1v) is 6.55. The van der Waals surface area contributed by atoms with Gasteiger partial charge in [0, 0.05) is 12.6 Å². The Labute approximate surface area is 114 Å². The second-order valence-electron chi connectivity index (χ2n) is 5.05. The van der Waals surface area contributed by atoms with Crippen molar-refractivity contribution < 1.29 is 4.74 Å². The summed E-state index contributed by atoms with van der Waals surface area (Å²) in [4.78, 5) is 0. The molecule has 1 unspecified atom stereocenters. The van der Waals surface area contributed by atoms with E-state index in [0.29, 0.717) is 11.6 Å². The van der Waals surface area contributed by atoms with Gasteiger partial charge in [0.05, 0.1) is 28.6 Å². The Morgan fingerprint density at radius 2 is 2.17 bits per heavy atom. The molecule has 0 amide bonds. The van der Waals surface area contributed by atoms with Crippen molar-refractivity contribution in [2.24, 2.45) is 5.84 Å².